The number of hydrogen-bond donors (Lipinski definition) is 5. The Labute approximate surface area is 213 Å². The number of phenols is 2. The van der Waals surface area contributed by atoms with Crippen molar-refractivity contribution in [2.24, 2.45) is 5.73 Å². The SMILES string of the molecule is NC1C=C2c3c4c5c(c(O)c6ccc7cc8cc(C(=O)O)cc9c(O)c1c3c(c89)c7c64)C=CC(=O)C5C2O. The highest BCUT2D eigenvalue weighted by atomic mass is 16.4. The molecule has 0 aromatic heterocycles. The van der Waals surface area contributed by atoms with Crippen LogP contribution >= 0.6 is 0 Å². The van der Waals surface area contributed by atoms with Gasteiger partial charge in [0.25, 0.3) is 0 Å². The van der Waals surface area contributed by atoms with Crippen LogP contribution in [0, 0.1) is 0 Å². The molecular formula is C31H17NO6. The molecule has 7 heteroatoms. The third-order valence-corrected chi connectivity index (χ3v) is 8.96. The number of ketones is 1. The van der Waals surface area contributed by atoms with Gasteiger partial charge in [-0.25, -0.2) is 4.79 Å². The molecule has 0 saturated carbocycles. The zero-order valence-corrected chi connectivity index (χ0v) is 19.5. The molecule has 0 aliphatic heterocycles. The lowest BCUT2D eigenvalue weighted by molar-refractivity contribution is -0.117. The Balaban J connectivity index is 1.70. The molecule has 3 unspecified atom stereocenters. The number of carboxylic acid groups (broad SMARTS) is 1. The fourth-order valence-corrected chi connectivity index (χ4v) is 7.58. The second-order valence-electron chi connectivity index (χ2n) is 10.6. The molecule has 9 rings (SSSR count). The van der Waals surface area contributed by atoms with Gasteiger partial charge >= 0.3 is 5.97 Å². The van der Waals surface area contributed by atoms with E-state index < -0.39 is 24.0 Å². The van der Waals surface area contributed by atoms with Crippen LogP contribution in [0.25, 0.3) is 65.5 Å². The minimum Gasteiger partial charge on any atom is -0.507 e. The lowest BCUT2D eigenvalue weighted by atomic mass is 9.65. The van der Waals surface area contributed by atoms with Crippen molar-refractivity contribution in [2.45, 2.75) is 18.1 Å². The number of aliphatic hydroxyl groups excluding tert-OH is 1. The first-order valence-electron chi connectivity index (χ1n) is 12.3. The van der Waals surface area contributed by atoms with E-state index in [1.54, 1.807) is 18.2 Å². The van der Waals surface area contributed by atoms with Crippen LogP contribution in [0.2, 0.25) is 0 Å². The van der Waals surface area contributed by atoms with Crippen LogP contribution < -0.4 is 5.73 Å². The van der Waals surface area contributed by atoms with Gasteiger partial charge < -0.3 is 26.2 Å². The summed E-state index contributed by atoms with van der Waals surface area (Å²) in [6.45, 7) is 0. The second-order valence-corrected chi connectivity index (χ2v) is 10.6. The number of aliphatic hydroxyl groups is 1. The molecular weight excluding hydrogens is 482 g/mol. The summed E-state index contributed by atoms with van der Waals surface area (Å²) in [6, 6.07) is 7.91. The Hall–Kier alpha value is -4.72. The Morgan fingerprint density at radius 2 is 1.61 bits per heavy atom. The molecule has 0 amide bonds. The molecule has 6 N–H and O–H groups in total. The number of carboxylic acids is 1. The quantitative estimate of drug-likeness (QED) is 0.160. The normalized spacial score (nSPS) is 21.7. The van der Waals surface area contributed by atoms with E-state index in [1.165, 1.54) is 12.1 Å². The highest BCUT2D eigenvalue weighted by molar-refractivity contribution is 6.42. The van der Waals surface area contributed by atoms with E-state index in [9.17, 15) is 30.0 Å². The topological polar surface area (TPSA) is 141 Å². The Morgan fingerprint density at radius 3 is 2.39 bits per heavy atom. The van der Waals surface area contributed by atoms with Crippen molar-refractivity contribution < 1.29 is 30.0 Å². The first-order chi connectivity index (χ1) is 18.3. The first kappa shape index (κ1) is 20.4. The average Bonchev–Trinajstić information content (AvgIpc) is 2.89. The molecule has 3 aliphatic rings. The van der Waals surface area contributed by atoms with Crippen LogP contribution in [0.15, 0.2) is 42.5 Å². The maximum atomic E-state index is 13.1. The predicted molar refractivity (Wildman–Crippen MR) is 144 cm³/mol. The number of carbonyl (C=O) groups is 2. The Bertz CT molecular complexity index is 2240. The predicted octanol–water partition coefficient (Wildman–Crippen LogP) is 4.89. The van der Waals surface area contributed by atoms with Crippen LogP contribution in [0.3, 0.4) is 0 Å². The summed E-state index contributed by atoms with van der Waals surface area (Å²) in [6.07, 6.45) is 3.53. The van der Waals surface area contributed by atoms with Crippen LogP contribution in [-0.2, 0) is 4.79 Å². The molecule has 3 aliphatic carbocycles. The second kappa shape index (κ2) is 6.05. The molecule has 6 aromatic rings. The van der Waals surface area contributed by atoms with Gasteiger partial charge in [-0.3, -0.25) is 4.79 Å². The van der Waals surface area contributed by atoms with E-state index in [0.29, 0.717) is 54.8 Å². The summed E-state index contributed by atoms with van der Waals surface area (Å²) in [4.78, 5) is 25.1. The fraction of sp³-hybridized carbons (Fsp3) is 0.0968. The molecule has 7 nitrogen and oxygen atoms in total. The van der Waals surface area contributed by atoms with E-state index >= 15 is 0 Å². The standard InChI is InChI=1S/C31H17NO6/c32-16-8-15-22-26-20-12(28(34)13-3-4-17(33)24(21(13)26)30(15)36)2-1-9-5-10-6-11(31(37)38)7-14-18(10)25(19(9)20)27(22)23(16)29(14)35/h1-8,16,24,30,34-36H,32H2,(H,37,38). The van der Waals surface area contributed by atoms with Gasteiger partial charge in [0.2, 0.25) is 0 Å². The van der Waals surface area contributed by atoms with Gasteiger partial charge in [0.05, 0.1) is 23.6 Å². The number of carbonyl (C=O) groups excluding carboxylic acids is 1. The van der Waals surface area contributed by atoms with E-state index in [2.05, 4.69) is 0 Å². The molecule has 3 atom stereocenters. The van der Waals surface area contributed by atoms with Crippen molar-refractivity contribution in [1.29, 1.82) is 0 Å². The number of aromatic hydroxyl groups is 2. The molecule has 0 fully saturated rings. The van der Waals surface area contributed by atoms with Crippen LogP contribution in [-0.4, -0.2) is 38.3 Å². The third-order valence-electron chi connectivity index (χ3n) is 8.96. The maximum absolute atomic E-state index is 13.1. The molecule has 0 saturated heterocycles. The largest absolute Gasteiger partial charge is 0.507 e. The summed E-state index contributed by atoms with van der Waals surface area (Å²) in [7, 11) is 0. The zero-order chi connectivity index (χ0) is 25.9. The van der Waals surface area contributed by atoms with E-state index in [4.69, 9.17) is 5.73 Å². The minimum absolute atomic E-state index is 0.0492. The summed E-state index contributed by atoms with van der Waals surface area (Å²) in [5.74, 6) is -2.27. The third kappa shape index (κ3) is 1.95. The molecule has 0 heterocycles. The van der Waals surface area contributed by atoms with E-state index in [-0.39, 0.29) is 22.8 Å². The minimum atomic E-state index is -1.18. The Kier molecular flexibility index (Phi) is 3.24. The number of phenolic OH excluding ortho intramolecular Hbond substituents is 2. The van der Waals surface area contributed by atoms with Gasteiger partial charge in [0.1, 0.15) is 11.5 Å². The Morgan fingerprint density at radius 1 is 0.816 bits per heavy atom. The molecule has 182 valence electrons. The van der Waals surface area contributed by atoms with Crippen LogP contribution in [0.5, 0.6) is 11.5 Å². The lowest BCUT2D eigenvalue weighted by Gasteiger charge is -2.39. The van der Waals surface area contributed by atoms with E-state index in [1.807, 2.05) is 18.2 Å². The van der Waals surface area contributed by atoms with Gasteiger partial charge in [-0.1, -0.05) is 12.1 Å². The molecule has 38 heavy (non-hydrogen) atoms. The van der Waals surface area contributed by atoms with Crippen molar-refractivity contribution in [1.82, 2.24) is 0 Å². The van der Waals surface area contributed by atoms with Crippen molar-refractivity contribution in [2.75, 3.05) is 0 Å². The van der Waals surface area contributed by atoms with Gasteiger partial charge in [-0.15, -0.1) is 0 Å². The van der Waals surface area contributed by atoms with Gasteiger partial charge in [-0.05, 0) is 85.4 Å². The zero-order valence-electron chi connectivity index (χ0n) is 19.5. The highest BCUT2D eigenvalue weighted by Crippen LogP contribution is 2.60. The fourth-order valence-electron chi connectivity index (χ4n) is 7.58. The monoisotopic (exact) mass is 499 g/mol. The van der Waals surface area contributed by atoms with Gasteiger partial charge in [0, 0.05) is 32.7 Å². The smallest absolute Gasteiger partial charge is 0.335 e. The van der Waals surface area contributed by atoms with Crippen LogP contribution in [0.1, 0.15) is 44.6 Å². The number of hydrogen-bond acceptors (Lipinski definition) is 6. The number of rotatable bonds is 1. The van der Waals surface area contributed by atoms with Crippen molar-refractivity contribution in [3.8, 4) is 11.5 Å². The highest BCUT2D eigenvalue weighted by Gasteiger charge is 2.45. The summed E-state index contributed by atoms with van der Waals surface area (Å²) in [5, 5.41) is 51.6. The van der Waals surface area contributed by atoms with Crippen molar-refractivity contribution in [3.63, 3.8) is 0 Å². The molecule has 6 aromatic carbocycles. The molecule has 0 spiro atoms. The van der Waals surface area contributed by atoms with Crippen molar-refractivity contribution >= 4 is 77.3 Å². The number of allylic oxidation sites excluding steroid dienone is 1. The molecule has 0 bridgehead atoms. The molecule has 0 radical (unpaired) electrons. The average molecular weight is 499 g/mol. The number of nitrogens with two attached hydrogens (primary N) is 1. The summed E-state index contributed by atoms with van der Waals surface area (Å²) < 4.78 is 0. The van der Waals surface area contributed by atoms with Gasteiger partial charge in [-0.2, -0.15) is 0 Å². The van der Waals surface area contributed by atoms with Gasteiger partial charge in [0.15, 0.2) is 5.78 Å². The lowest BCUT2D eigenvalue weighted by Crippen LogP contribution is -2.34. The summed E-state index contributed by atoms with van der Waals surface area (Å²) >= 11 is 0. The van der Waals surface area contributed by atoms with E-state index in [0.717, 1.165) is 26.9 Å². The number of aromatic carboxylic acids is 1. The summed E-state index contributed by atoms with van der Waals surface area (Å²) in [5.41, 5.74) is 9.49. The first-order valence-corrected chi connectivity index (χ1v) is 12.3. The van der Waals surface area contributed by atoms with Crippen LogP contribution in [0.4, 0.5) is 0 Å². The maximum Gasteiger partial charge on any atom is 0.335 e. The van der Waals surface area contributed by atoms with Crippen molar-refractivity contribution in [3.05, 3.63) is 70.3 Å². The number of benzene rings is 6.